The number of hydrogen-bond acceptors (Lipinski definition) is 4. The molecule has 0 aromatic heterocycles. The third kappa shape index (κ3) is 3.86. The van der Waals surface area contributed by atoms with Gasteiger partial charge in [0.2, 0.25) is 5.91 Å². The van der Waals surface area contributed by atoms with E-state index in [1.54, 1.807) is 60.6 Å². The molecule has 0 saturated carbocycles. The summed E-state index contributed by atoms with van der Waals surface area (Å²) in [6.45, 7) is 8.08. The molecule has 0 spiro atoms. The maximum Gasteiger partial charge on any atom is 0.255 e. The smallest absolute Gasteiger partial charge is 0.255 e. The molecule has 1 heterocycles. The Labute approximate surface area is 164 Å². The first kappa shape index (κ1) is 19.5. The molecule has 2 amide bonds. The van der Waals surface area contributed by atoms with E-state index in [2.05, 4.69) is 11.9 Å². The standard InChI is InChI=1S/C22H24N2O4/c1-5-11-24-18-10-9-16(13-19(18)28-14-22(2,3)21(24)26)23-20(25)15-7-6-8-17(12-15)27-4/h5-10,12-13H,1,11,14H2,2-4H3,(H,23,25). The third-order valence-corrected chi connectivity index (χ3v) is 4.56. The predicted molar refractivity (Wildman–Crippen MR) is 109 cm³/mol. The van der Waals surface area contributed by atoms with E-state index in [0.717, 1.165) is 0 Å². The van der Waals surface area contributed by atoms with Crippen molar-refractivity contribution in [1.29, 1.82) is 0 Å². The van der Waals surface area contributed by atoms with Crippen molar-refractivity contribution < 1.29 is 19.1 Å². The number of hydrogen-bond donors (Lipinski definition) is 1. The van der Waals surface area contributed by atoms with Gasteiger partial charge in [-0.1, -0.05) is 12.1 Å². The molecule has 6 heteroatoms. The lowest BCUT2D eigenvalue weighted by Crippen LogP contribution is -2.42. The van der Waals surface area contributed by atoms with E-state index in [1.165, 1.54) is 0 Å². The second-order valence-electron chi connectivity index (χ2n) is 7.25. The molecule has 6 nitrogen and oxygen atoms in total. The van der Waals surface area contributed by atoms with Crippen LogP contribution in [0.5, 0.6) is 11.5 Å². The second kappa shape index (κ2) is 7.76. The molecule has 28 heavy (non-hydrogen) atoms. The minimum absolute atomic E-state index is 0.0284. The fraction of sp³-hybridized carbons (Fsp3) is 0.273. The molecule has 0 saturated heterocycles. The van der Waals surface area contributed by atoms with Crippen LogP contribution >= 0.6 is 0 Å². The molecule has 1 N–H and O–H groups in total. The van der Waals surface area contributed by atoms with Gasteiger partial charge < -0.3 is 19.7 Å². The molecule has 0 fully saturated rings. The number of carbonyl (C=O) groups is 2. The van der Waals surface area contributed by atoms with Gasteiger partial charge in [-0.15, -0.1) is 6.58 Å². The number of anilines is 2. The van der Waals surface area contributed by atoms with Crippen LogP contribution in [0.15, 0.2) is 55.1 Å². The molecule has 1 aliphatic heterocycles. The maximum absolute atomic E-state index is 12.8. The molecule has 3 rings (SSSR count). The quantitative estimate of drug-likeness (QED) is 0.799. The van der Waals surface area contributed by atoms with Crippen molar-refractivity contribution in [2.75, 3.05) is 30.5 Å². The highest BCUT2D eigenvalue weighted by Crippen LogP contribution is 2.38. The number of amides is 2. The van der Waals surface area contributed by atoms with Crippen molar-refractivity contribution in [3.05, 3.63) is 60.7 Å². The van der Waals surface area contributed by atoms with Crippen molar-refractivity contribution in [3.63, 3.8) is 0 Å². The summed E-state index contributed by atoms with van der Waals surface area (Å²) in [4.78, 5) is 27.1. The summed E-state index contributed by atoms with van der Waals surface area (Å²) in [5.41, 5.74) is 1.07. The summed E-state index contributed by atoms with van der Waals surface area (Å²) in [7, 11) is 1.55. The molecule has 1 aliphatic rings. The zero-order chi connectivity index (χ0) is 20.3. The molecule has 0 unspecified atom stereocenters. The molecule has 0 aliphatic carbocycles. The zero-order valence-corrected chi connectivity index (χ0v) is 16.3. The normalized spacial score (nSPS) is 15.1. The van der Waals surface area contributed by atoms with Gasteiger partial charge >= 0.3 is 0 Å². The number of carbonyl (C=O) groups excluding carboxylic acids is 2. The predicted octanol–water partition coefficient (Wildman–Crippen LogP) is 3.89. The van der Waals surface area contributed by atoms with Crippen LogP contribution in [0.1, 0.15) is 24.2 Å². The van der Waals surface area contributed by atoms with Gasteiger partial charge in [-0.3, -0.25) is 9.59 Å². The van der Waals surface area contributed by atoms with E-state index in [4.69, 9.17) is 9.47 Å². The Morgan fingerprint density at radius 1 is 1.32 bits per heavy atom. The van der Waals surface area contributed by atoms with Crippen LogP contribution in [0.3, 0.4) is 0 Å². The van der Waals surface area contributed by atoms with Crippen molar-refractivity contribution in [2.45, 2.75) is 13.8 Å². The first-order chi connectivity index (χ1) is 13.4. The van der Waals surface area contributed by atoms with E-state index in [0.29, 0.717) is 35.0 Å². The van der Waals surface area contributed by atoms with Crippen LogP contribution in [-0.4, -0.2) is 32.1 Å². The van der Waals surface area contributed by atoms with E-state index in [9.17, 15) is 9.59 Å². The number of rotatable bonds is 5. The van der Waals surface area contributed by atoms with Gasteiger partial charge in [-0.05, 0) is 44.2 Å². The van der Waals surface area contributed by atoms with Crippen LogP contribution in [0.4, 0.5) is 11.4 Å². The lowest BCUT2D eigenvalue weighted by atomic mass is 9.93. The lowest BCUT2D eigenvalue weighted by Gasteiger charge is -2.27. The average Bonchev–Trinajstić information content (AvgIpc) is 2.78. The molecule has 2 aromatic rings. The van der Waals surface area contributed by atoms with Gasteiger partial charge in [0.15, 0.2) is 0 Å². The van der Waals surface area contributed by atoms with Crippen LogP contribution < -0.4 is 19.7 Å². The number of benzene rings is 2. The van der Waals surface area contributed by atoms with Gasteiger partial charge in [-0.25, -0.2) is 0 Å². The molecule has 0 radical (unpaired) electrons. The SMILES string of the molecule is C=CCN1C(=O)C(C)(C)COc2cc(NC(=O)c3cccc(OC)c3)ccc21. The molecule has 2 aromatic carbocycles. The number of nitrogens with one attached hydrogen (secondary N) is 1. The van der Waals surface area contributed by atoms with Crippen LogP contribution in [0.2, 0.25) is 0 Å². The Morgan fingerprint density at radius 2 is 2.11 bits per heavy atom. The zero-order valence-electron chi connectivity index (χ0n) is 16.3. The molecular formula is C22H24N2O4. The number of nitrogens with zero attached hydrogens (tertiary/aromatic N) is 1. The monoisotopic (exact) mass is 380 g/mol. The summed E-state index contributed by atoms with van der Waals surface area (Å²) in [5, 5.41) is 2.86. The van der Waals surface area contributed by atoms with Gasteiger partial charge in [0.05, 0.1) is 18.2 Å². The van der Waals surface area contributed by atoms with Gasteiger partial charge in [0.1, 0.15) is 18.1 Å². The third-order valence-electron chi connectivity index (χ3n) is 4.56. The number of methoxy groups -OCH3 is 1. The van der Waals surface area contributed by atoms with E-state index in [-0.39, 0.29) is 18.4 Å². The van der Waals surface area contributed by atoms with Crippen LogP contribution in [0, 0.1) is 5.41 Å². The molecule has 0 atom stereocenters. The van der Waals surface area contributed by atoms with Gasteiger partial charge in [0, 0.05) is 23.9 Å². The minimum atomic E-state index is -0.661. The van der Waals surface area contributed by atoms with Crippen molar-refractivity contribution in [2.24, 2.45) is 5.41 Å². The highest BCUT2D eigenvalue weighted by Gasteiger charge is 2.37. The van der Waals surface area contributed by atoms with Gasteiger partial charge in [0.25, 0.3) is 5.91 Å². The Bertz CT molecular complexity index is 921. The van der Waals surface area contributed by atoms with Crippen molar-refractivity contribution >= 4 is 23.2 Å². The molecular weight excluding hydrogens is 356 g/mol. The Hall–Kier alpha value is -3.28. The topological polar surface area (TPSA) is 67.9 Å². The lowest BCUT2D eigenvalue weighted by molar-refractivity contribution is -0.127. The summed E-state index contributed by atoms with van der Waals surface area (Å²) < 4.78 is 11.1. The maximum atomic E-state index is 12.8. The average molecular weight is 380 g/mol. The van der Waals surface area contributed by atoms with Crippen molar-refractivity contribution in [1.82, 2.24) is 0 Å². The van der Waals surface area contributed by atoms with E-state index >= 15 is 0 Å². The number of fused-ring (bicyclic) bond motifs is 1. The largest absolute Gasteiger partial charge is 0.497 e. The van der Waals surface area contributed by atoms with Crippen LogP contribution in [-0.2, 0) is 4.79 Å². The first-order valence-electron chi connectivity index (χ1n) is 9.01. The Kier molecular flexibility index (Phi) is 5.40. The Balaban J connectivity index is 1.88. The molecule has 0 bridgehead atoms. The van der Waals surface area contributed by atoms with Gasteiger partial charge in [-0.2, -0.15) is 0 Å². The summed E-state index contributed by atoms with van der Waals surface area (Å²) >= 11 is 0. The summed E-state index contributed by atoms with van der Waals surface area (Å²) in [5.74, 6) is 0.870. The summed E-state index contributed by atoms with van der Waals surface area (Å²) in [6.07, 6.45) is 1.68. The highest BCUT2D eigenvalue weighted by molar-refractivity contribution is 6.05. The second-order valence-corrected chi connectivity index (χ2v) is 7.25. The Morgan fingerprint density at radius 3 is 2.82 bits per heavy atom. The minimum Gasteiger partial charge on any atom is -0.497 e. The number of ether oxygens (including phenoxy) is 2. The van der Waals surface area contributed by atoms with Crippen molar-refractivity contribution in [3.8, 4) is 11.5 Å². The fourth-order valence-electron chi connectivity index (χ4n) is 3.00. The summed E-state index contributed by atoms with van der Waals surface area (Å²) in [6, 6.07) is 12.2. The van der Waals surface area contributed by atoms with E-state index < -0.39 is 5.41 Å². The first-order valence-corrected chi connectivity index (χ1v) is 9.01. The van der Waals surface area contributed by atoms with Crippen LogP contribution in [0.25, 0.3) is 0 Å². The molecule has 146 valence electrons. The van der Waals surface area contributed by atoms with E-state index in [1.807, 2.05) is 13.8 Å². The fourth-order valence-corrected chi connectivity index (χ4v) is 3.00. The highest BCUT2D eigenvalue weighted by atomic mass is 16.5.